The van der Waals surface area contributed by atoms with Crippen molar-refractivity contribution in [3.63, 3.8) is 0 Å². The molecule has 1 heterocycles. The highest BCUT2D eigenvalue weighted by Crippen LogP contribution is 2.42. The molecule has 5 rings (SSSR count). The third-order valence-electron chi connectivity index (χ3n) is 4.74. The molecule has 0 aliphatic rings. The number of fused-ring (bicyclic) bond motifs is 3. The first-order chi connectivity index (χ1) is 13.7. The lowest BCUT2D eigenvalue weighted by molar-refractivity contribution is 0.488. The second-order valence-corrected chi connectivity index (χ2v) is 6.46. The summed E-state index contributed by atoms with van der Waals surface area (Å²) in [6, 6.07) is 23.5. The fourth-order valence-electron chi connectivity index (χ4n) is 3.42. The zero-order chi connectivity index (χ0) is 19.1. The highest BCUT2D eigenvalue weighted by Gasteiger charge is 2.12. The van der Waals surface area contributed by atoms with E-state index in [9.17, 15) is 9.90 Å². The van der Waals surface area contributed by atoms with Crippen LogP contribution in [0.15, 0.2) is 98.3 Å². The minimum absolute atomic E-state index is 0.242. The maximum Gasteiger partial charge on any atom is 0.336 e. The van der Waals surface area contributed by atoms with Crippen LogP contribution in [0.2, 0.25) is 0 Å². The molecule has 0 saturated carbocycles. The first-order valence-electron chi connectivity index (χ1n) is 8.79. The monoisotopic (exact) mass is 366 g/mol. The van der Waals surface area contributed by atoms with Crippen LogP contribution in [0.3, 0.4) is 0 Å². The number of hydrogen-bond acceptors (Lipinski definition) is 5. The summed E-state index contributed by atoms with van der Waals surface area (Å²) in [4.78, 5) is 11.3. The minimum Gasteiger partial charge on any atom is -0.507 e. The Hall–Kier alpha value is -3.99. The summed E-state index contributed by atoms with van der Waals surface area (Å²) in [7, 11) is 0. The maximum absolute atomic E-state index is 11.3. The Balaban J connectivity index is 1.71. The first-order valence-corrected chi connectivity index (χ1v) is 8.79. The van der Waals surface area contributed by atoms with Crippen molar-refractivity contribution in [3.8, 4) is 5.75 Å². The molecule has 5 heteroatoms. The van der Waals surface area contributed by atoms with Gasteiger partial charge in [-0.3, -0.25) is 0 Å². The summed E-state index contributed by atoms with van der Waals surface area (Å²) in [5, 5.41) is 23.5. The van der Waals surface area contributed by atoms with Crippen LogP contribution >= 0.6 is 0 Å². The van der Waals surface area contributed by atoms with Crippen molar-refractivity contribution >= 4 is 43.9 Å². The van der Waals surface area contributed by atoms with E-state index in [1.54, 1.807) is 18.2 Å². The third-order valence-corrected chi connectivity index (χ3v) is 4.74. The molecule has 28 heavy (non-hydrogen) atoms. The van der Waals surface area contributed by atoms with Crippen molar-refractivity contribution < 1.29 is 9.52 Å². The predicted molar refractivity (Wildman–Crippen MR) is 110 cm³/mol. The van der Waals surface area contributed by atoms with Gasteiger partial charge in [0.25, 0.3) is 0 Å². The molecule has 134 valence electrons. The second-order valence-electron chi connectivity index (χ2n) is 6.46. The van der Waals surface area contributed by atoms with Gasteiger partial charge in [-0.15, -0.1) is 5.11 Å². The van der Waals surface area contributed by atoms with E-state index in [4.69, 9.17) is 4.42 Å². The summed E-state index contributed by atoms with van der Waals surface area (Å²) >= 11 is 0. The van der Waals surface area contributed by atoms with Crippen LogP contribution in [0.5, 0.6) is 5.75 Å². The van der Waals surface area contributed by atoms with Crippen molar-refractivity contribution in [2.75, 3.05) is 0 Å². The van der Waals surface area contributed by atoms with E-state index in [1.165, 1.54) is 6.07 Å². The van der Waals surface area contributed by atoms with Gasteiger partial charge in [-0.2, -0.15) is 5.11 Å². The molecular formula is C23H14N2O3. The number of phenols is 1. The summed E-state index contributed by atoms with van der Waals surface area (Å²) in [5.74, 6) is 0.242. The Morgan fingerprint density at radius 1 is 0.714 bits per heavy atom. The molecule has 1 N–H and O–H groups in total. The van der Waals surface area contributed by atoms with E-state index in [2.05, 4.69) is 10.2 Å². The third kappa shape index (κ3) is 2.61. The maximum atomic E-state index is 11.3. The number of nitrogens with zero attached hydrogens (tertiary/aromatic N) is 2. The summed E-state index contributed by atoms with van der Waals surface area (Å²) in [5.41, 5.74) is 1.46. The minimum atomic E-state index is -0.385. The lowest BCUT2D eigenvalue weighted by Crippen LogP contribution is -1.93. The number of hydrogen-bond donors (Lipinski definition) is 1. The van der Waals surface area contributed by atoms with E-state index in [-0.39, 0.29) is 11.4 Å². The topological polar surface area (TPSA) is 75.2 Å². The largest absolute Gasteiger partial charge is 0.507 e. The van der Waals surface area contributed by atoms with Crippen molar-refractivity contribution in [3.05, 3.63) is 89.3 Å². The molecule has 0 radical (unpaired) electrons. The number of phenolic OH excluding ortho intramolecular Hbond substituents is 1. The van der Waals surface area contributed by atoms with Crippen LogP contribution in [0.1, 0.15) is 0 Å². The van der Waals surface area contributed by atoms with Gasteiger partial charge in [0, 0.05) is 33.0 Å². The van der Waals surface area contributed by atoms with Crippen molar-refractivity contribution in [2.45, 2.75) is 0 Å². The molecule has 5 nitrogen and oxygen atoms in total. The standard InChI is InChI=1S/C23H14N2O3/c26-21-12-9-14-13-15(10-11-20(14)28-21)24-25-22-16-5-1-3-7-18(16)23(27)19-8-4-2-6-17(19)22/h1-13,27H. The van der Waals surface area contributed by atoms with Gasteiger partial charge in [0.15, 0.2) is 0 Å². The normalized spacial score (nSPS) is 11.7. The molecule has 0 fully saturated rings. The number of rotatable bonds is 2. The van der Waals surface area contributed by atoms with E-state index in [0.717, 1.165) is 26.9 Å². The molecule has 0 atom stereocenters. The van der Waals surface area contributed by atoms with Crippen molar-refractivity contribution in [2.24, 2.45) is 10.2 Å². The number of benzene rings is 4. The SMILES string of the molecule is O=c1ccc2cc(N=Nc3c4ccccc4c(O)c4ccccc34)ccc2o1. The van der Waals surface area contributed by atoms with E-state index >= 15 is 0 Å². The first kappa shape index (κ1) is 16.2. The smallest absolute Gasteiger partial charge is 0.336 e. The fraction of sp³-hybridized carbons (Fsp3) is 0. The average molecular weight is 366 g/mol. The Bertz CT molecular complexity index is 1390. The highest BCUT2D eigenvalue weighted by molar-refractivity contribution is 6.14. The summed E-state index contributed by atoms with van der Waals surface area (Å²) in [6.07, 6.45) is 0. The lowest BCUT2D eigenvalue weighted by atomic mass is 10.00. The Morgan fingerprint density at radius 3 is 2.04 bits per heavy atom. The molecular weight excluding hydrogens is 352 g/mol. The van der Waals surface area contributed by atoms with Gasteiger partial charge in [0.2, 0.25) is 0 Å². The van der Waals surface area contributed by atoms with E-state index < -0.39 is 0 Å². The molecule has 0 aliphatic carbocycles. The summed E-state index contributed by atoms with van der Waals surface area (Å²) in [6.45, 7) is 0. The zero-order valence-electron chi connectivity index (χ0n) is 14.7. The summed E-state index contributed by atoms with van der Waals surface area (Å²) < 4.78 is 5.15. The van der Waals surface area contributed by atoms with Gasteiger partial charge >= 0.3 is 5.63 Å². The van der Waals surface area contributed by atoms with Crippen LogP contribution in [0.4, 0.5) is 11.4 Å². The Labute approximate surface area is 159 Å². The number of azo groups is 1. The van der Waals surface area contributed by atoms with Crippen molar-refractivity contribution in [1.29, 1.82) is 0 Å². The molecule has 0 amide bonds. The van der Waals surface area contributed by atoms with Crippen LogP contribution in [-0.4, -0.2) is 5.11 Å². The molecule has 0 saturated heterocycles. The van der Waals surface area contributed by atoms with Gasteiger partial charge < -0.3 is 9.52 Å². The molecule has 0 spiro atoms. The van der Waals surface area contributed by atoms with Gasteiger partial charge in [-0.05, 0) is 24.3 Å². The van der Waals surface area contributed by atoms with E-state index in [1.807, 2.05) is 54.6 Å². The van der Waals surface area contributed by atoms with Gasteiger partial charge in [0.1, 0.15) is 17.0 Å². The zero-order valence-corrected chi connectivity index (χ0v) is 14.7. The molecule has 0 unspecified atom stereocenters. The predicted octanol–water partition coefficient (Wildman–Crippen LogP) is 6.22. The molecule has 4 aromatic carbocycles. The van der Waals surface area contributed by atoms with Gasteiger partial charge in [-0.25, -0.2) is 4.79 Å². The average Bonchev–Trinajstić information content (AvgIpc) is 2.74. The van der Waals surface area contributed by atoms with Crippen LogP contribution in [0.25, 0.3) is 32.5 Å². The highest BCUT2D eigenvalue weighted by atomic mass is 16.4. The van der Waals surface area contributed by atoms with Crippen LogP contribution in [0, 0.1) is 0 Å². The van der Waals surface area contributed by atoms with Gasteiger partial charge in [0.05, 0.1) is 5.69 Å². The van der Waals surface area contributed by atoms with Crippen LogP contribution < -0.4 is 5.63 Å². The Kier molecular flexibility index (Phi) is 3.66. The molecule has 0 aliphatic heterocycles. The second kappa shape index (κ2) is 6.32. The molecule has 5 aromatic rings. The molecule has 0 bridgehead atoms. The Morgan fingerprint density at radius 2 is 1.36 bits per heavy atom. The van der Waals surface area contributed by atoms with Crippen molar-refractivity contribution in [1.82, 2.24) is 0 Å². The van der Waals surface area contributed by atoms with Crippen LogP contribution in [-0.2, 0) is 0 Å². The quantitative estimate of drug-likeness (QED) is 0.229. The molecule has 1 aromatic heterocycles. The fourth-order valence-corrected chi connectivity index (χ4v) is 3.42. The van der Waals surface area contributed by atoms with Gasteiger partial charge in [-0.1, -0.05) is 48.5 Å². The lowest BCUT2D eigenvalue weighted by Gasteiger charge is -2.09. The number of aromatic hydroxyl groups is 1. The van der Waals surface area contributed by atoms with E-state index in [0.29, 0.717) is 17.0 Å².